The smallest absolute Gasteiger partial charge is 0.254 e. The van der Waals surface area contributed by atoms with E-state index in [4.69, 9.17) is 0 Å². The third-order valence-electron chi connectivity index (χ3n) is 5.66. The second-order valence-corrected chi connectivity index (χ2v) is 7.40. The highest BCUT2D eigenvalue weighted by atomic mass is 16.3. The Morgan fingerprint density at radius 1 is 1.36 bits per heavy atom. The zero-order valence-corrected chi connectivity index (χ0v) is 15.0. The number of aliphatic hydroxyl groups excluding tert-OH is 2. The highest BCUT2D eigenvalue weighted by Crippen LogP contribution is 2.36. The Kier molecular flexibility index (Phi) is 5.59. The summed E-state index contributed by atoms with van der Waals surface area (Å²) < 4.78 is 0. The van der Waals surface area contributed by atoms with Crippen molar-refractivity contribution >= 4 is 11.7 Å². The van der Waals surface area contributed by atoms with Crippen LogP contribution in [0.4, 0.5) is 5.82 Å². The van der Waals surface area contributed by atoms with E-state index in [2.05, 4.69) is 16.8 Å². The molecule has 2 saturated heterocycles. The Bertz CT molecular complexity index is 603. The van der Waals surface area contributed by atoms with Gasteiger partial charge in [-0.2, -0.15) is 0 Å². The molecule has 0 aliphatic carbocycles. The van der Waals surface area contributed by atoms with Gasteiger partial charge in [-0.1, -0.05) is 13.3 Å². The van der Waals surface area contributed by atoms with Crippen LogP contribution in [0.1, 0.15) is 49.4 Å². The number of amides is 1. The van der Waals surface area contributed by atoms with Gasteiger partial charge in [-0.05, 0) is 37.8 Å². The van der Waals surface area contributed by atoms with Crippen molar-refractivity contribution in [3.63, 3.8) is 0 Å². The average Bonchev–Trinajstić information content (AvgIpc) is 3.18. The van der Waals surface area contributed by atoms with Gasteiger partial charge in [0, 0.05) is 43.4 Å². The number of nitrogens with zero attached hydrogens (tertiary/aromatic N) is 3. The van der Waals surface area contributed by atoms with Crippen molar-refractivity contribution in [1.29, 1.82) is 0 Å². The van der Waals surface area contributed by atoms with E-state index in [9.17, 15) is 15.0 Å². The fourth-order valence-electron chi connectivity index (χ4n) is 4.15. The van der Waals surface area contributed by atoms with Gasteiger partial charge in [0.15, 0.2) is 0 Å². The van der Waals surface area contributed by atoms with Crippen molar-refractivity contribution in [2.24, 2.45) is 5.41 Å². The number of pyridine rings is 1. The maximum absolute atomic E-state index is 12.6. The fourth-order valence-corrected chi connectivity index (χ4v) is 4.15. The molecule has 2 fully saturated rings. The first-order valence-corrected chi connectivity index (χ1v) is 9.39. The van der Waals surface area contributed by atoms with Gasteiger partial charge in [0.2, 0.25) is 0 Å². The van der Waals surface area contributed by atoms with Crippen molar-refractivity contribution in [2.75, 3.05) is 37.7 Å². The molecule has 1 aromatic rings. The lowest BCUT2D eigenvalue weighted by Gasteiger charge is -2.45. The number of likely N-dealkylation sites (tertiary alicyclic amines) is 1. The van der Waals surface area contributed by atoms with E-state index in [1.165, 1.54) is 0 Å². The molecule has 1 amide bonds. The molecular weight excluding hydrogens is 318 g/mol. The quantitative estimate of drug-likeness (QED) is 0.847. The summed E-state index contributed by atoms with van der Waals surface area (Å²) in [4.78, 5) is 21.1. The molecule has 6 nitrogen and oxygen atoms in total. The Balaban J connectivity index is 1.79. The van der Waals surface area contributed by atoms with Crippen LogP contribution >= 0.6 is 0 Å². The molecule has 1 aromatic heterocycles. The van der Waals surface area contributed by atoms with Crippen LogP contribution in [0.25, 0.3) is 0 Å². The van der Waals surface area contributed by atoms with Gasteiger partial charge < -0.3 is 20.0 Å². The summed E-state index contributed by atoms with van der Waals surface area (Å²) in [7, 11) is 0. The summed E-state index contributed by atoms with van der Waals surface area (Å²) >= 11 is 0. The highest BCUT2D eigenvalue weighted by molar-refractivity contribution is 5.95. The lowest BCUT2D eigenvalue weighted by molar-refractivity contribution is -0.0353. The Labute approximate surface area is 149 Å². The molecule has 25 heavy (non-hydrogen) atoms. The summed E-state index contributed by atoms with van der Waals surface area (Å²) in [5.74, 6) is 0.825. The number of hydrogen-bond acceptors (Lipinski definition) is 5. The highest BCUT2D eigenvalue weighted by Gasteiger charge is 2.42. The maximum atomic E-state index is 12.6. The minimum absolute atomic E-state index is 0.0368. The van der Waals surface area contributed by atoms with E-state index in [1.54, 1.807) is 12.3 Å². The first kappa shape index (κ1) is 18.1. The van der Waals surface area contributed by atoms with Gasteiger partial charge in [-0.25, -0.2) is 4.98 Å². The first-order chi connectivity index (χ1) is 12.1. The normalized spacial score (nSPS) is 26.9. The Hall–Kier alpha value is -1.66. The molecule has 0 bridgehead atoms. The van der Waals surface area contributed by atoms with Crippen molar-refractivity contribution in [2.45, 2.75) is 45.1 Å². The van der Waals surface area contributed by atoms with Crippen LogP contribution in [0, 0.1) is 5.41 Å². The second kappa shape index (κ2) is 7.70. The van der Waals surface area contributed by atoms with Crippen LogP contribution in [-0.4, -0.2) is 64.9 Å². The predicted molar refractivity (Wildman–Crippen MR) is 96.6 cm³/mol. The molecule has 0 saturated carbocycles. The number of rotatable bonds is 5. The van der Waals surface area contributed by atoms with Crippen molar-refractivity contribution < 1.29 is 15.0 Å². The Morgan fingerprint density at radius 3 is 2.80 bits per heavy atom. The number of piperidine rings is 1. The maximum Gasteiger partial charge on any atom is 0.254 e. The number of aromatic nitrogens is 1. The molecular formula is C19H29N3O3. The lowest BCUT2D eigenvalue weighted by Crippen LogP contribution is -2.54. The average molecular weight is 347 g/mol. The van der Waals surface area contributed by atoms with Crippen LogP contribution < -0.4 is 4.90 Å². The summed E-state index contributed by atoms with van der Waals surface area (Å²) in [5, 5.41) is 20.4. The third kappa shape index (κ3) is 3.65. The minimum Gasteiger partial charge on any atom is -0.396 e. The number of carbonyl (C=O) groups excluding carboxylic acids is 1. The Morgan fingerprint density at radius 2 is 2.12 bits per heavy atom. The summed E-state index contributed by atoms with van der Waals surface area (Å²) in [6.45, 7) is 4.93. The standard InChI is InChI=1S/C19H29N3O3/c1-2-7-19(14-23)13-22(11-6-16(19)24)17-12-15(5-8-20-17)18(25)21-9-3-4-10-21/h5,8,12,16,23-24H,2-4,6-7,9-11,13-14H2,1H3/t16-,19-/m0/s1. The van der Waals surface area contributed by atoms with Crippen LogP contribution in [0.5, 0.6) is 0 Å². The molecule has 0 aromatic carbocycles. The second-order valence-electron chi connectivity index (χ2n) is 7.40. The van der Waals surface area contributed by atoms with E-state index in [-0.39, 0.29) is 12.5 Å². The van der Waals surface area contributed by atoms with Gasteiger partial charge in [0.25, 0.3) is 5.91 Å². The molecule has 3 heterocycles. The minimum atomic E-state index is -0.510. The molecule has 2 atom stereocenters. The molecule has 2 N–H and O–H groups in total. The zero-order chi connectivity index (χ0) is 17.9. The monoisotopic (exact) mass is 347 g/mol. The molecule has 0 radical (unpaired) electrons. The summed E-state index contributed by atoms with van der Waals surface area (Å²) in [5.41, 5.74) is 0.159. The van der Waals surface area contributed by atoms with E-state index >= 15 is 0 Å². The lowest BCUT2D eigenvalue weighted by atomic mass is 9.74. The van der Waals surface area contributed by atoms with Crippen molar-refractivity contribution in [3.8, 4) is 0 Å². The van der Waals surface area contributed by atoms with Gasteiger partial charge in [0.05, 0.1) is 12.7 Å². The number of carbonyl (C=O) groups is 1. The first-order valence-electron chi connectivity index (χ1n) is 9.39. The molecule has 3 rings (SSSR count). The topological polar surface area (TPSA) is 76.9 Å². The zero-order valence-electron chi connectivity index (χ0n) is 15.0. The summed E-state index contributed by atoms with van der Waals surface area (Å²) in [6.07, 6.45) is 5.62. The number of aliphatic hydroxyl groups is 2. The molecule has 0 spiro atoms. The van der Waals surface area contributed by atoms with E-state index in [0.29, 0.717) is 25.1 Å². The molecule has 138 valence electrons. The van der Waals surface area contributed by atoms with E-state index in [0.717, 1.165) is 44.6 Å². The van der Waals surface area contributed by atoms with Crippen LogP contribution in [0.15, 0.2) is 18.3 Å². The SMILES string of the molecule is CCC[C@@]1(CO)CN(c2cc(C(=O)N3CCCC3)ccn2)CC[C@@H]1O. The van der Waals surface area contributed by atoms with Gasteiger partial charge in [-0.15, -0.1) is 0 Å². The number of hydrogen-bond donors (Lipinski definition) is 2. The van der Waals surface area contributed by atoms with Crippen molar-refractivity contribution in [1.82, 2.24) is 9.88 Å². The number of anilines is 1. The summed E-state index contributed by atoms with van der Waals surface area (Å²) in [6, 6.07) is 3.63. The van der Waals surface area contributed by atoms with Gasteiger partial charge >= 0.3 is 0 Å². The van der Waals surface area contributed by atoms with E-state index < -0.39 is 11.5 Å². The fraction of sp³-hybridized carbons (Fsp3) is 0.684. The van der Waals surface area contributed by atoms with Crippen LogP contribution in [-0.2, 0) is 0 Å². The predicted octanol–water partition coefficient (Wildman–Crippen LogP) is 1.67. The van der Waals surface area contributed by atoms with Crippen LogP contribution in [0.2, 0.25) is 0 Å². The van der Waals surface area contributed by atoms with Gasteiger partial charge in [-0.3, -0.25) is 4.79 Å². The van der Waals surface area contributed by atoms with Gasteiger partial charge in [0.1, 0.15) is 5.82 Å². The third-order valence-corrected chi connectivity index (χ3v) is 5.66. The largest absolute Gasteiger partial charge is 0.396 e. The molecule has 2 aliphatic heterocycles. The van der Waals surface area contributed by atoms with Crippen LogP contribution in [0.3, 0.4) is 0 Å². The van der Waals surface area contributed by atoms with Crippen molar-refractivity contribution in [3.05, 3.63) is 23.9 Å². The molecule has 0 unspecified atom stereocenters. The molecule has 2 aliphatic rings. The molecule has 6 heteroatoms. The van der Waals surface area contributed by atoms with E-state index in [1.807, 2.05) is 11.0 Å².